The van der Waals surface area contributed by atoms with Crippen molar-refractivity contribution in [1.29, 1.82) is 0 Å². The van der Waals surface area contributed by atoms with Gasteiger partial charge >= 0.3 is 0 Å². The lowest BCUT2D eigenvalue weighted by Crippen LogP contribution is -2.28. The molecule has 18 heavy (non-hydrogen) atoms. The van der Waals surface area contributed by atoms with Gasteiger partial charge in [0.25, 0.3) is 0 Å². The fraction of sp³-hybridized carbons (Fsp3) is 0.538. The molecule has 0 aliphatic carbocycles. The van der Waals surface area contributed by atoms with Crippen molar-refractivity contribution >= 4 is 25.8 Å². The average Bonchev–Trinajstić information content (AvgIpc) is 2.21. The number of rotatable bonds is 5. The van der Waals surface area contributed by atoms with Crippen LogP contribution in [-0.4, -0.2) is 27.0 Å². The minimum absolute atomic E-state index is 0.128. The molecule has 1 aromatic rings. The summed E-state index contributed by atoms with van der Waals surface area (Å²) in [5, 5.41) is 3.25. The number of halogens is 1. The third-order valence-corrected chi connectivity index (χ3v) is 4.64. The smallest absolute Gasteiger partial charge is 0.149 e. The Morgan fingerprint density at radius 1 is 1.28 bits per heavy atom. The monoisotopic (exact) mass is 333 g/mol. The Kier molecular flexibility index (Phi) is 5.37. The van der Waals surface area contributed by atoms with Gasteiger partial charge in [0.15, 0.2) is 0 Å². The summed E-state index contributed by atoms with van der Waals surface area (Å²) >= 11 is 3.49. The minimum Gasteiger partial charge on any atom is -0.309 e. The largest absolute Gasteiger partial charge is 0.309 e. The minimum atomic E-state index is -3.01. The zero-order valence-electron chi connectivity index (χ0n) is 11.2. The van der Waals surface area contributed by atoms with Crippen molar-refractivity contribution in [3.05, 3.63) is 33.3 Å². The van der Waals surface area contributed by atoms with Crippen molar-refractivity contribution in [2.24, 2.45) is 0 Å². The summed E-state index contributed by atoms with van der Waals surface area (Å²) in [5.74, 6) is 0.128. The van der Waals surface area contributed by atoms with E-state index in [1.807, 2.05) is 26.8 Å². The first-order valence-corrected chi connectivity index (χ1v) is 8.77. The molecule has 3 nitrogen and oxygen atoms in total. The molecule has 0 fully saturated rings. The Bertz CT molecular complexity index is 526. The highest BCUT2D eigenvalue weighted by atomic mass is 79.9. The lowest BCUT2D eigenvalue weighted by Gasteiger charge is -2.20. The van der Waals surface area contributed by atoms with Crippen molar-refractivity contribution in [1.82, 2.24) is 5.32 Å². The van der Waals surface area contributed by atoms with E-state index >= 15 is 0 Å². The molecule has 1 unspecified atom stereocenters. The Morgan fingerprint density at radius 2 is 1.89 bits per heavy atom. The van der Waals surface area contributed by atoms with Gasteiger partial charge in [-0.1, -0.05) is 28.9 Å². The lowest BCUT2D eigenvalue weighted by molar-refractivity contribution is 0.561. The van der Waals surface area contributed by atoms with E-state index in [9.17, 15) is 8.42 Å². The second-order valence-electron chi connectivity index (χ2n) is 4.66. The number of aryl methyl sites for hydroxylation is 2. The maximum absolute atomic E-state index is 11.5. The van der Waals surface area contributed by atoms with Crippen LogP contribution in [0.5, 0.6) is 0 Å². The topological polar surface area (TPSA) is 46.2 Å². The molecule has 0 saturated heterocycles. The molecule has 0 spiro atoms. The van der Waals surface area contributed by atoms with Gasteiger partial charge in [-0.15, -0.1) is 0 Å². The number of nitrogens with one attached hydrogen (secondary N) is 1. The SMILES string of the molecule is CCNC(CS(C)(=O)=O)c1cc(C)c(Br)cc1C. The van der Waals surface area contributed by atoms with Gasteiger partial charge in [0.2, 0.25) is 0 Å². The predicted octanol–water partition coefficient (Wildman–Crippen LogP) is 2.76. The van der Waals surface area contributed by atoms with E-state index in [0.29, 0.717) is 0 Å². The van der Waals surface area contributed by atoms with E-state index in [4.69, 9.17) is 0 Å². The molecular weight excluding hydrogens is 314 g/mol. The van der Waals surface area contributed by atoms with Crippen molar-refractivity contribution in [3.63, 3.8) is 0 Å². The standard InChI is InChI=1S/C13H20BrNO2S/c1-5-15-13(8-18(4,16)17)11-6-10(3)12(14)7-9(11)2/h6-7,13,15H,5,8H2,1-4H3. The molecule has 1 atom stereocenters. The van der Waals surface area contributed by atoms with Gasteiger partial charge in [0.1, 0.15) is 9.84 Å². The quantitative estimate of drug-likeness (QED) is 0.901. The van der Waals surface area contributed by atoms with Crippen LogP contribution in [0.2, 0.25) is 0 Å². The first-order chi connectivity index (χ1) is 8.24. The average molecular weight is 334 g/mol. The number of hydrogen-bond acceptors (Lipinski definition) is 3. The zero-order valence-corrected chi connectivity index (χ0v) is 13.7. The maximum atomic E-state index is 11.5. The van der Waals surface area contributed by atoms with E-state index in [0.717, 1.165) is 27.7 Å². The van der Waals surface area contributed by atoms with Gasteiger partial charge in [-0.05, 0) is 43.1 Å². The van der Waals surface area contributed by atoms with Crippen molar-refractivity contribution < 1.29 is 8.42 Å². The summed E-state index contributed by atoms with van der Waals surface area (Å²) in [6.45, 7) is 6.74. The van der Waals surface area contributed by atoms with Crippen molar-refractivity contribution in [2.75, 3.05) is 18.6 Å². The van der Waals surface area contributed by atoms with Crippen molar-refractivity contribution in [2.45, 2.75) is 26.8 Å². The van der Waals surface area contributed by atoms with Gasteiger partial charge in [-0.3, -0.25) is 0 Å². The van der Waals surface area contributed by atoms with Gasteiger partial charge < -0.3 is 5.32 Å². The molecule has 1 rings (SSSR count). The second-order valence-corrected chi connectivity index (χ2v) is 7.70. The van der Waals surface area contributed by atoms with E-state index in [1.165, 1.54) is 6.26 Å². The van der Waals surface area contributed by atoms with Crippen molar-refractivity contribution in [3.8, 4) is 0 Å². The highest BCUT2D eigenvalue weighted by Gasteiger charge is 2.19. The fourth-order valence-electron chi connectivity index (χ4n) is 1.99. The van der Waals surface area contributed by atoms with Crippen LogP contribution in [0.4, 0.5) is 0 Å². The first kappa shape index (κ1) is 15.7. The molecule has 0 aromatic heterocycles. The molecule has 0 heterocycles. The summed E-state index contributed by atoms with van der Waals surface area (Å²) in [6.07, 6.45) is 1.28. The molecule has 0 radical (unpaired) electrons. The zero-order chi connectivity index (χ0) is 13.9. The molecule has 1 N–H and O–H groups in total. The van der Waals surface area contributed by atoms with Crippen LogP contribution in [0, 0.1) is 13.8 Å². The summed E-state index contributed by atoms with van der Waals surface area (Å²) in [7, 11) is -3.01. The molecule has 5 heteroatoms. The maximum Gasteiger partial charge on any atom is 0.149 e. The summed E-state index contributed by atoms with van der Waals surface area (Å²) in [5.41, 5.74) is 3.28. The second kappa shape index (κ2) is 6.17. The van der Waals surface area contributed by atoms with Crippen LogP contribution in [0.3, 0.4) is 0 Å². The molecule has 0 aliphatic heterocycles. The number of hydrogen-bond donors (Lipinski definition) is 1. The molecular formula is C13H20BrNO2S. The van der Waals surface area contributed by atoms with Crippen LogP contribution in [0.25, 0.3) is 0 Å². The van der Waals surface area contributed by atoms with Gasteiger partial charge in [-0.2, -0.15) is 0 Å². The third kappa shape index (κ3) is 4.37. The van der Waals surface area contributed by atoms with E-state index < -0.39 is 9.84 Å². The van der Waals surface area contributed by atoms with Crippen LogP contribution >= 0.6 is 15.9 Å². The highest BCUT2D eigenvalue weighted by Crippen LogP contribution is 2.26. The Morgan fingerprint density at radius 3 is 2.39 bits per heavy atom. The normalized spacial score (nSPS) is 13.6. The summed E-state index contributed by atoms with van der Waals surface area (Å²) < 4.78 is 24.1. The molecule has 0 amide bonds. The van der Waals surface area contributed by atoms with Crippen LogP contribution in [0.1, 0.15) is 29.7 Å². The third-order valence-electron chi connectivity index (χ3n) is 2.84. The Balaban J connectivity index is 3.17. The highest BCUT2D eigenvalue weighted by molar-refractivity contribution is 9.10. The molecule has 0 bridgehead atoms. The molecule has 0 aliphatic rings. The van der Waals surface area contributed by atoms with E-state index in [2.05, 4.69) is 27.3 Å². The Labute approximate surface area is 118 Å². The summed E-state index contributed by atoms with van der Waals surface area (Å²) in [6, 6.07) is 3.95. The summed E-state index contributed by atoms with van der Waals surface area (Å²) in [4.78, 5) is 0. The number of benzene rings is 1. The van der Waals surface area contributed by atoms with Crippen LogP contribution in [0.15, 0.2) is 16.6 Å². The van der Waals surface area contributed by atoms with Gasteiger partial charge in [-0.25, -0.2) is 8.42 Å². The predicted molar refractivity (Wildman–Crippen MR) is 79.7 cm³/mol. The van der Waals surface area contributed by atoms with E-state index in [-0.39, 0.29) is 11.8 Å². The van der Waals surface area contributed by atoms with Crippen LogP contribution < -0.4 is 5.32 Å². The lowest BCUT2D eigenvalue weighted by atomic mass is 10.00. The van der Waals surface area contributed by atoms with E-state index in [1.54, 1.807) is 0 Å². The van der Waals surface area contributed by atoms with Gasteiger partial charge in [0, 0.05) is 16.8 Å². The molecule has 102 valence electrons. The Hall–Kier alpha value is -0.390. The first-order valence-electron chi connectivity index (χ1n) is 5.92. The molecule has 0 saturated carbocycles. The van der Waals surface area contributed by atoms with Crippen LogP contribution in [-0.2, 0) is 9.84 Å². The fourth-order valence-corrected chi connectivity index (χ4v) is 3.35. The van der Waals surface area contributed by atoms with Gasteiger partial charge in [0.05, 0.1) is 5.75 Å². The number of sulfone groups is 1. The molecule has 1 aromatic carbocycles.